The zero-order valence-corrected chi connectivity index (χ0v) is 49.8. The van der Waals surface area contributed by atoms with Crippen molar-refractivity contribution in [2.24, 2.45) is 0 Å². The van der Waals surface area contributed by atoms with Crippen molar-refractivity contribution >= 4 is 17.9 Å². The number of hydrogen-bond acceptors (Lipinski definition) is 6. The van der Waals surface area contributed by atoms with Crippen LogP contribution in [0.2, 0.25) is 0 Å². The van der Waals surface area contributed by atoms with Crippen LogP contribution in [0.1, 0.15) is 329 Å². The number of rotatable bonds is 59. The SMILES string of the molecule is CC/C=C\C/C=C\C/C=C\C/C=C\CCCCCCCCCCCCCCCCCCC(=O)OCC(COC(=O)CCCCCCCCCCCCCCCC)OC(=O)CCCCCCC/C=C\C/C=C\CCCC. The van der Waals surface area contributed by atoms with Crippen molar-refractivity contribution in [3.8, 4) is 0 Å². The van der Waals surface area contributed by atoms with Gasteiger partial charge in [0.15, 0.2) is 6.10 Å². The fraction of sp³-hybridized carbons (Fsp3) is 0.783. The lowest BCUT2D eigenvalue weighted by Crippen LogP contribution is -2.30. The van der Waals surface area contributed by atoms with Gasteiger partial charge in [0.2, 0.25) is 0 Å². The van der Waals surface area contributed by atoms with Crippen molar-refractivity contribution in [1.29, 1.82) is 0 Å². The van der Waals surface area contributed by atoms with Gasteiger partial charge in [0.25, 0.3) is 0 Å². The lowest BCUT2D eigenvalue weighted by atomic mass is 10.0. The van der Waals surface area contributed by atoms with E-state index in [9.17, 15) is 14.4 Å². The summed E-state index contributed by atoms with van der Waals surface area (Å²) in [6, 6.07) is 0. The lowest BCUT2D eigenvalue weighted by molar-refractivity contribution is -0.167. The van der Waals surface area contributed by atoms with Crippen molar-refractivity contribution in [3.63, 3.8) is 0 Å². The average Bonchev–Trinajstić information content (AvgIpc) is 3.41. The predicted molar refractivity (Wildman–Crippen MR) is 325 cm³/mol. The Hall–Kier alpha value is -3.15. The molecule has 0 saturated carbocycles. The summed E-state index contributed by atoms with van der Waals surface area (Å²) < 4.78 is 16.9. The molecule has 0 radical (unpaired) electrons. The maximum absolute atomic E-state index is 12.9. The molecule has 75 heavy (non-hydrogen) atoms. The van der Waals surface area contributed by atoms with Crippen LogP contribution in [0.4, 0.5) is 0 Å². The second-order valence-corrected chi connectivity index (χ2v) is 21.6. The van der Waals surface area contributed by atoms with E-state index < -0.39 is 6.10 Å². The van der Waals surface area contributed by atoms with Crippen molar-refractivity contribution in [2.75, 3.05) is 13.2 Å². The molecular weight excluding hydrogens is 925 g/mol. The quantitative estimate of drug-likeness (QED) is 0.0261. The molecule has 1 unspecified atom stereocenters. The summed E-state index contributed by atoms with van der Waals surface area (Å²) in [4.78, 5) is 38.3. The molecule has 0 N–H and O–H groups in total. The van der Waals surface area contributed by atoms with Crippen molar-refractivity contribution < 1.29 is 28.6 Å². The second-order valence-electron chi connectivity index (χ2n) is 21.6. The molecular formula is C69H122O6. The minimum Gasteiger partial charge on any atom is -0.462 e. The molecule has 6 nitrogen and oxygen atoms in total. The van der Waals surface area contributed by atoms with Gasteiger partial charge in [-0.05, 0) is 83.5 Å². The molecule has 0 aliphatic heterocycles. The number of hydrogen-bond donors (Lipinski definition) is 0. The van der Waals surface area contributed by atoms with Gasteiger partial charge in [0, 0.05) is 19.3 Å². The van der Waals surface area contributed by atoms with Gasteiger partial charge in [-0.2, -0.15) is 0 Å². The summed E-state index contributed by atoms with van der Waals surface area (Å²) >= 11 is 0. The van der Waals surface area contributed by atoms with Crippen LogP contribution in [0.25, 0.3) is 0 Å². The third kappa shape index (κ3) is 61.6. The molecule has 6 heteroatoms. The first-order valence-corrected chi connectivity index (χ1v) is 32.4. The van der Waals surface area contributed by atoms with Crippen LogP contribution in [0, 0.1) is 0 Å². The summed E-state index contributed by atoms with van der Waals surface area (Å²) in [7, 11) is 0. The van der Waals surface area contributed by atoms with Crippen LogP contribution in [0.5, 0.6) is 0 Å². The largest absolute Gasteiger partial charge is 0.462 e. The van der Waals surface area contributed by atoms with Gasteiger partial charge in [-0.15, -0.1) is 0 Å². The second kappa shape index (κ2) is 63.4. The zero-order chi connectivity index (χ0) is 54.3. The van der Waals surface area contributed by atoms with Gasteiger partial charge < -0.3 is 14.2 Å². The third-order valence-corrected chi connectivity index (χ3v) is 14.2. The van der Waals surface area contributed by atoms with Crippen LogP contribution in [-0.4, -0.2) is 37.2 Å². The van der Waals surface area contributed by atoms with E-state index in [1.165, 1.54) is 180 Å². The molecule has 0 bridgehead atoms. The highest BCUT2D eigenvalue weighted by molar-refractivity contribution is 5.71. The standard InChI is InChI=1S/C69H122O6/c1-4-7-10-13-16-19-22-25-28-29-30-31-32-33-34-35-36-37-38-39-40-41-42-45-47-50-53-56-59-62-68(71)74-65-66(75-69(72)63-60-57-54-51-48-44-27-24-21-18-15-12-9-6-3)64-73-67(70)61-58-55-52-49-46-43-26-23-20-17-14-11-8-5-2/h7,10,15-16,18-19,24-25,27-28,30-31,66H,4-6,8-9,11-14,17,20-23,26,29,32-65H2,1-3H3/b10-7-,18-15-,19-16-,27-24-,28-25-,31-30-. The Kier molecular flexibility index (Phi) is 60.7. The molecule has 0 spiro atoms. The predicted octanol–water partition coefficient (Wildman–Crippen LogP) is 22.1. The van der Waals surface area contributed by atoms with Gasteiger partial charge in [0.1, 0.15) is 13.2 Å². The highest BCUT2D eigenvalue weighted by atomic mass is 16.6. The Morgan fingerprint density at radius 1 is 0.280 bits per heavy atom. The minimum atomic E-state index is -0.780. The van der Waals surface area contributed by atoms with Crippen molar-refractivity contribution in [3.05, 3.63) is 72.9 Å². The Bertz CT molecular complexity index is 1390. The van der Waals surface area contributed by atoms with Crippen LogP contribution in [0.15, 0.2) is 72.9 Å². The first kappa shape index (κ1) is 71.8. The number of unbranched alkanes of at least 4 members (excludes halogenated alkanes) is 36. The summed E-state index contributed by atoms with van der Waals surface area (Å²) in [5, 5.41) is 0. The molecule has 0 amide bonds. The molecule has 0 rings (SSSR count). The van der Waals surface area contributed by atoms with Crippen molar-refractivity contribution in [1.82, 2.24) is 0 Å². The van der Waals surface area contributed by atoms with E-state index in [-0.39, 0.29) is 31.1 Å². The first-order valence-electron chi connectivity index (χ1n) is 32.4. The maximum atomic E-state index is 12.9. The molecule has 0 aromatic heterocycles. The number of ether oxygens (including phenoxy) is 3. The Morgan fingerprint density at radius 2 is 0.533 bits per heavy atom. The van der Waals surface area contributed by atoms with Gasteiger partial charge >= 0.3 is 17.9 Å². The van der Waals surface area contributed by atoms with Gasteiger partial charge in [-0.25, -0.2) is 0 Å². The van der Waals surface area contributed by atoms with Crippen LogP contribution in [0.3, 0.4) is 0 Å². The topological polar surface area (TPSA) is 78.9 Å². The molecule has 0 aromatic carbocycles. The van der Waals surface area contributed by atoms with Crippen LogP contribution in [-0.2, 0) is 28.6 Å². The highest BCUT2D eigenvalue weighted by Crippen LogP contribution is 2.17. The summed E-state index contributed by atoms with van der Waals surface area (Å²) in [5.41, 5.74) is 0. The molecule has 0 heterocycles. The molecule has 0 aliphatic carbocycles. The van der Waals surface area contributed by atoms with E-state index in [2.05, 4.69) is 93.7 Å². The monoisotopic (exact) mass is 1050 g/mol. The number of carbonyl (C=O) groups excluding carboxylic acids is 3. The van der Waals surface area contributed by atoms with E-state index in [1.807, 2.05) is 0 Å². The third-order valence-electron chi connectivity index (χ3n) is 14.2. The number of carbonyl (C=O) groups is 3. The number of esters is 3. The van der Waals surface area contributed by atoms with E-state index in [0.29, 0.717) is 19.3 Å². The van der Waals surface area contributed by atoms with E-state index in [1.54, 1.807) is 0 Å². The molecule has 0 aliphatic rings. The zero-order valence-electron chi connectivity index (χ0n) is 49.8. The molecule has 1 atom stereocenters. The fourth-order valence-electron chi connectivity index (χ4n) is 9.34. The van der Waals surface area contributed by atoms with Crippen molar-refractivity contribution in [2.45, 2.75) is 335 Å². The van der Waals surface area contributed by atoms with E-state index in [4.69, 9.17) is 14.2 Å². The normalized spacial score (nSPS) is 12.5. The molecule has 434 valence electrons. The highest BCUT2D eigenvalue weighted by Gasteiger charge is 2.19. The van der Waals surface area contributed by atoms with E-state index >= 15 is 0 Å². The number of allylic oxidation sites excluding steroid dienone is 12. The Labute approximate surface area is 465 Å². The Morgan fingerprint density at radius 3 is 0.853 bits per heavy atom. The van der Waals surface area contributed by atoms with Gasteiger partial charge in [-0.3, -0.25) is 14.4 Å². The van der Waals surface area contributed by atoms with Gasteiger partial charge in [-0.1, -0.05) is 299 Å². The van der Waals surface area contributed by atoms with Crippen LogP contribution >= 0.6 is 0 Å². The smallest absolute Gasteiger partial charge is 0.306 e. The molecule has 0 fully saturated rings. The maximum Gasteiger partial charge on any atom is 0.306 e. The summed E-state index contributed by atoms with van der Waals surface area (Å²) in [5.74, 6) is -0.873. The first-order chi connectivity index (χ1) is 37.0. The lowest BCUT2D eigenvalue weighted by Gasteiger charge is -2.18. The average molecular weight is 1050 g/mol. The summed E-state index contributed by atoms with van der Waals surface area (Å²) in [6.07, 6.45) is 82.0. The fourth-order valence-corrected chi connectivity index (χ4v) is 9.34. The van der Waals surface area contributed by atoms with E-state index in [0.717, 1.165) is 109 Å². The molecule has 0 aromatic rings. The Balaban J connectivity index is 4.20. The van der Waals surface area contributed by atoms with Crippen LogP contribution < -0.4 is 0 Å². The minimum absolute atomic E-state index is 0.0763. The summed E-state index contributed by atoms with van der Waals surface area (Å²) in [6.45, 7) is 6.51. The van der Waals surface area contributed by atoms with Gasteiger partial charge in [0.05, 0.1) is 0 Å². The molecule has 0 saturated heterocycles.